The molecule has 1 heterocycles. The van der Waals surface area contributed by atoms with Crippen molar-refractivity contribution in [3.63, 3.8) is 0 Å². The van der Waals surface area contributed by atoms with Crippen LogP contribution in [0.3, 0.4) is 0 Å². The molecule has 0 aromatic heterocycles. The first kappa shape index (κ1) is 17.5. The van der Waals surface area contributed by atoms with Crippen LogP contribution in [0.15, 0.2) is 0 Å². The molecule has 1 aliphatic rings. The van der Waals surface area contributed by atoms with Gasteiger partial charge in [-0.1, -0.05) is 13.8 Å². The predicted molar refractivity (Wildman–Crippen MR) is 78.6 cm³/mol. The highest BCUT2D eigenvalue weighted by Crippen LogP contribution is 2.30. The molecular weight excluding hydrogens is 272 g/mol. The third-order valence-corrected chi connectivity index (χ3v) is 4.33. The molecular formula is C15H26N2O4. The fraction of sp³-hybridized carbons (Fsp3) is 0.800. The number of nitrogens with zero attached hydrogens (tertiary/aromatic N) is 1. The van der Waals surface area contributed by atoms with Gasteiger partial charge in [0.2, 0.25) is 11.8 Å². The van der Waals surface area contributed by atoms with Crippen LogP contribution in [0.1, 0.15) is 47.0 Å². The number of carboxylic acid groups (broad SMARTS) is 1. The zero-order valence-electron chi connectivity index (χ0n) is 13.3. The first-order chi connectivity index (χ1) is 9.77. The SMILES string of the molecule is CCC(C)NC(=O)CCN1C(=O)CC(C)C(C(=O)O)C1C. The first-order valence-electron chi connectivity index (χ1n) is 7.59. The van der Waals surface area contributed by atoms with E-state index in [4.69, 9.17) is 0 Å². The number of amides is 2. The van der Waals surface area contributed by atoms with Gasteiger partial charge >= 0.3 is 5.97 Å². The number of piperidine rings is 1. The topological polar surface area (TPSA) is 86.7 Å². The van der Waals surface area contributed by atoms with Gasteiger partial charge in [-0.15, -0.1) is 0 Å². The van der Waals surface area contributed by atoms with Crippen molar-refractivity contribution in [3.8, 4) is 0 Å². The Balaban J connectivity index is 2.62. The van der Waals surface area contributed by atoms with E-state index >= 15 is 0 Å². The number of hydrogen-bond acceptors (Lipinski definition) is 3. The molecule has 6 heteroatoms. The monoisotopic (exact) mass is 298 g/mol. The fourth-order valence-corrected chi connectivity index (χ4v) is 2.87. The number of carbonyl (C=O) groups excluding carboxylic acids is 2. The maximum atomic E-state index is 12.1. The van der Waals surface area contributed by atoms with E-state index in [0.29, 0.717) is 0 Å². The van der Waals surface area contributed by atoms with Crippen molar-refractivity contribution in [2.45, 2.75) is 59.0 Å². The number of likely N-dealkylation sites (tertiary alicyclic amines) is 1. The molecule has 4 atom stereocenters. The minimum Gasteiger partial charge on any atom is -0.481 e. The van der Waals surface area contributed by atoms with Crippen LogP contribution >= 0.6 is 0 Å². The van der Waals surface area contributed by atoms with Gasteiger partial charge < -0.3 is 15.3 Å². The summed E-state index contributed by atoms with van der Waals surface area (Å²) < 4.78 is 0. The lowest BCUT2D eigenvalue weighted by atomic mass is 9.81. The van der Waals surface area contributed by atoms with E-state index in [9.17, 15) is 19.5 Å². The van der Waals surface area contributed by atoms with Gasteiger partial charge in [-0.2, -0.15) is 0 Å². The molecule has 2 N–H and O–H groups in total. The highest BCUT2D eigenvalue weighted by molar-refractivity contribution is 5.83. The van der Waals surface area contributed by atoms with Crippen molar-refractivity contribution in [3.05, 3.63) is 0 Å². The summed E-state index contributed by atoms with van der Waals surface area (Å²) in [5, 5.41) is 12.1. The van der Waals surface area contributed by atoms with E-state index in [2.05, 4.69) is 5.32 Å². The molecule has 2 amide bonds. The number of aliphatic carboxylic acids is 1. The Labute approximate surface area is 125 Å². The van der Waals surface area contributed by atoms with Crippen molar-refractivity contribution >= 4 is 17.8 Å². The highest BCUT2D eigenvalue weighted by Gasteiger charge is 2.41. The maximum Gasteiger partial charge on any atom is 0.308 e. The lowest BCUT2D eigenvalue weighted by Gasteiger charge is -2.40. The van der Waals surface area contributed by atoms with Crippen molar-refractivity contribution in [2.75, 3.05) is 6.54 Å². The summed E-state index contributed by atoms with van der Waals surface area (Å²) in [4.78, 5) is 36.7. The minimum absolute atomic E-state index is 0.0659. The lowest BCUT2D eigenvalue weighted by Crippen LogP contribution is -2.53. The lowest BCUT2D eigenvalue weighted by molar-refractivity contribution is -0.154. The quantitative estimate of drug-likeness (QED) is 0.772. The molecule has 21 heavy (non-hydrogen) atoms. The normalized spacial score (nSPS) is 27.3. The van der Waals surface area contributed by atoms with Crippen LogP contribution in [0.25, 0.3) is 0 Å². The van der Waals surface area contributed by atoms with E-state index in [-0.39, 0.29) is 49.2 Å². The van der Waals surface area contributed by atoms with Crippen molar-refractivity contribution < 1.29 is 19.5 Å². The molecule has 1 rings (SSSR count). The molecule has 0 aromatic rings. The number of carboxylic acids is 1. The molecule has 0 aliphatic carbocycles. The summed E-state index contributed by atoms with van der Waals surface area (Å²) >= 11 is 0. The average molecular weight is 298 g/mol. The zero-order valence-corrected chi connectivity index (χ0v) is 13.3. The molecule has 0 bridgehead atoms. The second-order valence-corrected chi connectivity index (χ2v) is 6.00. The van der Waals surface area contributed by atoms with Crippen molar-refractivity contribution in [1.82, 2.24) is 10.2 Å². The van der Waals surface area contributed by atoms with E-state index in [1.807, 2.05) is 13.8 Å². The fourth-order valence-electron chi connectivity index (χ4n) is 2.87. The molecule has 0 aromatic carbocycles. The van der Waals surface area contributed by atoms with Gasteiger partial charge in [-0.25, -0.2) is 0 Å². The van der Waals surface area contributed by atoms with Gasteiger partial charge in [0.1, 0.15) is 0 Å². The summed E-state index contributed by atoms with van der Waals surface area (Å²) in [6, 6.07) is -0.270. The summed E-state index contributed by atoms with van der Waals surface area (Å²) in [7, 11) is 0. The Morgan fingerprint density at radius 1 is 1.43 bits per heavy atom. The smallest absolute Gasteiger partial charge is 0.308 e. The second kappa shape index (κ2) is 7.43. The van der Waals surface area contributed by atoms with Crippen LogP contribution in [0.4, 0.5) is 0 Å². The third-order valence-electron chi connectivity index (χ3n) is 4.33. The van der Waals surface area contributed by atoms with E-state index in [1.165, 1.54) is 4.90 Å². The summed E-state index contributed by atoms with van der Waals surface area (Å²) in [6.45, 7) is 7.73. The second-order valence-electron chi connectivity index (χ2n) is 6.00. The molecule has 6 nitrogen and oxygen atoms in total. The van der Waals surface area contributed by atoms with E-state index in [0.717, 1.165) is 6.42 Å². The molecule has 0 radical (unpaired) electrons. The van der Waals surface area contributed by atoms with Gasteiger partial charge in [-0.3, -0.25) is 14.4 Å². The molecule has 1 aliphatic heterocycles. The van der Waals surface area contributed by atoms with Crippen LogP contribution in [0, 0.1) is 11.8 Å². The zero-order chi connectivity index (χ0) is 16.2. The number of nitrogens with one attached hydrogen (secondary N) is 1. The van der Waals surface area contributed by atoms with Crippen LogP contribution < -0.4 is 5.32 Å². The van der Waals surface area contributed by atoms with Gasteiger partial charge in [-0.05, 0) is 26.2 Å². The molecule has 1 saturated heterocycles. The summed E-state index contributed by atoms with van der Waals surface area (Å²) in [6.07, 6.45) is 1.29. The Morgan fingerprint density at radius 3 is 2.57 bits per heavy atom. The van der Waals surface area contributed by atoms with Crippen molar-refractivity contribution in [2.24, 2.45) is 11.8 Å². The van der Waals surface area contributed by atoms with Gasteiger partial charge in [0.05, 0.1) is 5.92 Å². The predicted octanol–water partition coefficient (Wildman–Crippen LogP) is 1.25. The Morgan fingerprint density at radius 2 is 2.05 bits per heavy atom. The number of hydrogen-bond donors (Lipinski definition) is 2. The van der Waals surface area contributed by atoms with E-state index < -0.39 is 11.9 Å². The largest absolute Gasteiger partial charge is 0.481 e. The molecule has 4 unspecified atom stereocenters. The highest BCUT2D eigenvalue weighted by atomic mass is 16.4. The molecule has 1 fully saturated rings. The number of carbonyl (C=O) groups is 3. The van der Waals surface area contributed by atoms with E-state index in [1.54, 1.807) is 13.8 Å². The molecule has 120 valence electrons. The maximum absolute atomic E-state index is 12.1. The third kappa shape index (κ3) is 4.44. The van der Waals surface area contributed by atoms with Crippen LogP contribution in [0.5, 0.6) is 0 Å². The van der Waals surface area contributed by atoms with Gasteiger partial charge in [0.15, 0.2) is 0 Å². The molecule has 0 saturated carbocycles. The Hall–Kier alpha value is -1.59. The average Bonchev–Trinajstić information content (AvgIpc) is 2.37. The Bertz CT molecular complexity index is 410. The van der Waals surface area contributed by atoms with Gasteiger partial charge in [0, 0.05) is 31.5 Å². The molecule has 0 spiro atoms. The van der Waals surface area contributed by atoms with Crippen LogP contribution in [-0.4, -0.2) is 46.4 Å². The first-order valence-corrected chi connectivity index (χ1v) is 7.59. The minimum atomic E-state index is -0.878. The Kier molecular flexibility index (Phi) is 6.18. The van der Waals surface area contributed by atoms with Crippen LogP contribution in [-0.2, 0) is 14.4 Å². The van der Waals surface area contributed by atoms with Gasteiger partial charge in [0.25, 0.3) is 0 Å². The standard InChI is InChI=1S/C15H26N2O4/c1-5-10(3)16-12(18)6-7-17-11(4)14(15(20)21)9(2)8-13(17)19/h9-11,14H,5-8H2,1-4H3,(H,16,18)(H,20,21). The van der Waals surface area contributed by atoms with Crippen LogP contribution in [0.2, 0.25) is 0 Å². The summed E-state index contributed by atoms with van der Waals surface area (Å²) in [5.41, 5.74) is 0. The van der Waals surface area contributed by atoms with Crippen molar-refractivity contribution in [1.29, 1.82) is 0 Å². The summed E-state index contributed by atoms with van der Waals surface area (Å²) in [5.74, 6) is -1.79. The number of rotatable bonds is 6.